The number of rotatable bonds is 2. The van der Waals surface area contributed by atoms with Crippen LogP contribution in [0.5, 0.6) is 0 Å². The molecule has 0 fully saturated rings. The molecule has 1 unspecified atom stereocenters. The predicted molar refractivity (Wildman–Crippen MR) is 82.5 cm³/mol. The standard InChI is InChI=1S/C17H11BrF2O2/c18-13-14(11-7-3-1-4-8-11)22-16(17(19,20)15(13)21)12-9-5-2-6-10-12/h1-10,16H. The van der Waals surface area contributed by atoms with Crippen molar-refractivity contribution in [3.63, 3.8) is 0 Å². The van der Waals surface area contributed by atoms with Gasteiger partial charge >= 0.3 is 5.92 Å². The maximum atomic E-state index is 14.3. The van der Waals surface area contributed by atoms with Gasteiger partial charge < -0.3 is 4.74 Å². The number of Topliss-reactive ketones (excluding diaryl/α,β-unsaturated/α-hetero) is 1. The van der Waals surface area contributed by atoms with Gasteiger partial charge in [-0.3, -0.25) is 4.79 Å². The van der Waals surface area contributed by atoms with Crippen LogP contribution >= 0.6 is 15.9 Å². The van der Waals surface area contributed by atoms with Crippen molar-refractivity contribution in [2.45, 2.75) is 12.0 Å². The third-order valence-electron chi connectivity index (χ3n) is 3.40. The van der Waals surface area contributed by atoms with E-state index in [9.17, 15) is 13.6 Å². The first-order valence-electron chi connectivity index (χ1n) is 6.61. The Morgan fingerprint density at radius 1 is 0.955 bits per heavy atom. The van der Waals surface area contributed by atoms with E-state index < -0.39 is 17.8 Å². The van der Waals surface area contributed by atoms with Crippen molar-refractivity contribution in [3.05, 3.63) is 76.3 Å². The molecule has 2 aromatic carbocycles. The van der Waals surface area contributed by atoms with Gasteiger partial charge in [-0.25, -0.2) is 0 Å². The average molecular weight is 365 g/mol. The second-order valence-corrected chi connectivity index (χ2v) is 5.66. The first kappa shape index (κ1) is 14.9. The normalized spacial score (nSPS) is 20.7. The van der Waals surface area contributed by atoms with E-state index in [1.54, 1.807) is 48.5 Å². The van der Waals surface area contributed by atoms with Crippen LogP contribution in [-0.4, -0.2) is 11.7 Å². The summed E-state index contributed by atoms with van der Waals surface area (Å²) in [7, 11) is 0. The molecule has 0 amide bonds. The molecule has 0 bridgehead atoms. The molecular weight excluding hydrogens is 354 g/mol. The van der Waals surface area contributed by atoms with Crippen molar-refractivity contribution in [3.8, 4) is 0 Å². The van der Waals surface area contributed by atoms with Gasteiger partial charge in [-0.1, -0.05) is 60.7 Å². The average Bonchev–Trinajstić information content (AvgIpc) is 2.55. The molecular formula is C17H11BrF2O2. The molecule has 2 aromatic rings. The van der Waals surface area contributed by atoms with Crippen LogP contribution in [0, 0.1) is 0 Å². The van der Waals surface area contributed by atoms with Crippen LogP contribution in [0.15, 0.2) is 65.1 Å². The van der Waals surface area contributed by atoms with Gasteiger partial charge in [0.15, 0.2) is 6.10 Å². The van der Waals surface area contributed by atoms with Gasteiger partial charge in [0.1, 0.15) is 10.2 Å². The van der Waals surface area contributed by atoms with Gasteiger partial charge in [-0.15, -0.1) is 0 Å². The van der Waals surface area contributed by atoms with E-state index in [1.165, 1.54) is 12.1 Å². The van der Waals surface area contributed by atoms with Crippen molar-refractivity contribution in [2.75, 3.05) is 0 Å². The molecule has 0 saturated heterocycles. The summed E-state index contributed by atoms with van der Waals surface area (Å²) in [6.45, 7) is 0. The van der Waals surface area contributed by atoms with E-state index in [1.807, 2.05) is 0 Å². The van der Waals surface area contributed by atoms with Crippen LogP contribution in [0.3, 0.4) is 0 Å². The first-order valence-corrected chi connectivity index (χ1v) is 7.40. The topological polar surface area (TPSA) is 26.3 Å². The molecule has 22 heavy (non-hydrogen) atoms. The highest BCUT2D eigenvalue weighted by atomic mass is 79.9. The van der Waals surface area contributed by atoms with Gasteiger partial charge in [0, 0.05) is 5.56 Å². The highest BCUT2D eigenvalue weighted by molar-refractivity contribution is 9.12. The molecule has 0 radical (unpaired) electrons. The van der Waals surface area contributed by atoms with E-state index >= 15 is 0 Å². The molecule has 1 aliphatic heterocycles. The molecule has 3 rings (SSSR count). The lowest BCUT2D eigenvalue weighted by molar-refractivity contribution is -0.159. The lowest BCUT2D eigenvalue weighted by atomic mass is 9.96. The Kier molecular flexibility index (Phi) is 3.83. The van der Waals surface area contributed by atoms with E-state index in [0.717, 1.165) is 0 Å². The van der Waals surface area contributed by atoms with Crippen molar-refractivity contribution in [2.24, 2.45) is 0 Å². The van der Waals surface area contributed by atoms with Crippen LogP contribution in [-0.2, 0) is 9.53 Å². The molecule has 112 valence electrons. The summed E-state index contributed by atoms with van der Waals surface area (Å²) in [6, 6.07) is 16.7. The fourth-order valence-corrected chi connectivity index (χ4v) is 2.89. The number of benzene rings is 2. The summed E-state index contributed by atoms with van der Waals surface area (Å²) in [4.78, 5) is 12.1. The summed E-state index contributed by atoms with van der Waals surface area (Å²) in [5, 5.41) is 0. The second-order valence-electron chi connectivity index (χ2n) is 4.87. The third kappa shape index (κ3) is 2.46. The predicted octanol–water partition coefficient (Wildman–Crippen LogP) is 4.73. The Balaban J connectivity index is 2.10. The molecule has 1 heterocycles. The number of allylic oxidation sites excluding steroid dienone is 1. The van der Waals surface area contributed by atoms with E-state index in [-0.39, 0.29) is 15.8 Å². The van der Waals surface area contributed by atoms with Crippen LogP contribution in [0.2, 0.25) is 0 Å². The number of hydrogen-bond donors (Lipinski definition) is 0. The van der Waals surface area contributed by atoms with Crippen LogP contribution < -0.4 is 0 Å². The molecule has 5 heteroatoms. The maximum Gasteiger partial charge on any atom is 0.350 e. The van der Waals surface area contributed by atoms with E-state index in [0.29, 0.717) is 5.56 Å². The number of halogens is 3. The van der Waals surface area contributed by atoms with E-state index in [4.69, 9.17) is 4.74 Å². The molecule has 0 saturated carbocycles. The molecule has 1 atom stereocenters. The van der Waals surface area contributed by atoms with Crippen molar-refractivity contribution in [1.82, 2.24) is 0 Å². The number of ketones is 1. The van der Waals surface area contributed by atoms with Gasteiger partial charge in [-0.2, -0.15) is 8.78 Å². The molecule has 1 aliphatic rings. The maximum absolute atomic E-state index is 14.3. The molecule has 0 N–H and O–H groups in total. The van der Waals surface area contributed by atoms with Crippen LogP contribution in [0.4, 0.5) is 8.78 Å². The molecule has 0 aromatic heterocycles. The Labute approximate surface area is 134 Å². The highest BCUT2D eigenvalue weighted by Gasteiger charge is 2.54. The lowest BCUT2D eigenvalue weighted by Gasteiger charge is -2.32. The Hall–Kier alpha value is -2.01. The Morgan fingerprint density at radius 3 is 2.09 bits per heavy atom. The largest absolute Gasteiger partial charge is 0.477 e. The summed E-state index contributed by atoms with van der Waals surface area (Å²) in [5.41, 5.74) is 0.827. The van der Waals surface area contributed by atoms with Gasteiger partial charge in [-0.05, 0) is 21.5 Å². The van der Waals surface area contributed by atoms with Crippen LogP contribution in [0.1, 0.15) is 17.2 Å². The van der Waals surface area contributed by atoms with E-state index in [2.05, 4.69) is 15.9 Å². The zero-order chi connectivity index (χ0) is 15.7. The van der Waals surface area contributed by atoms with Crippen molar-refractivity contribution in [1.29, 1.82) is 0 Å². The first-order chi connectivity index (χ1) is 10.5. The number of alkyl halides is 2. The van der Waals surface area contributed by atoms with Crippen molar-refractivity contribution < 1.29 is 18.3 Å². The fourth-order valence-electron chi connectivity index (χ4n) is 2.30. The number of carbonyl (C=O) groups excluding carboxylic acids is 1. The quantitative estimate of drug-likeness (QED) is 0.770. The fraction of sp³-hybridized carbons (Fsp3) is 0.118. The Bertz CT molecular complexity index is 727. The molecule has 0 spiro atoms. The monoisotopic (exact) mass is 364 g/mol. The minimum Gasteiger partial charge on any atom is -0.477 e. The summed E-state index contributed by atoms with van der Waals surface area (Å²) >= 11 is 2.96. The lowest BCUT2D eigenvalue weighted by Crippen LogP contribution is -2.40. The second kappa shape index (κ2) is 5.65. The highest BCUT2D eigenvalue weighted by Crippen LogP contribution is 2.46. The van der Waals surface area contributed by atoms with Gasteiger partial charge in [0.25, 0.3) is 0 Å². The van der Waals surface area contributed by atoms with Gasteiger partial charge in [0.05, 0.1) is 0 Å². The molecule has 0 aliphatic carbocycles. The summed E-state index contributed by atoms with van der Waals surface area (Å²) < 4.78 is 34.0. The number of hydrogen-bond acceptors (Lipinski definition) is 2. The number of ether oxygens (including phenoxy) is 1. The van der Waals surface area contributed by atoms with Gasteiger partial charge in [0.2, 0.25) is 5.78 Å². The molecule has 2 nitrogen and oxygen atoms in total. The smallest absolute Gasteiger partial charge is 0.350 e. The zero-order valence-electron chi connectivity index (χ0n) is 11.3. The minimum absolute atomic E-state index is 0.130. The zero-order valence-corrected chi connectivity index (χ0v) is 12.9. The Morgan fingerprint density at radius 2 is 1.50 bits per heavy atom. The third-order valence-corrected chi connectivity index (χ3v) is 4.12. The van der Waals surface area contributed by atoms with Crippen LogP contribution in [0.25, 0.3) is 5.76 Å². The minimum atomic E-state index is -3.63. The SMILES string of the molecule is O=C1C(Br)=C(c2ccccc2)OC(c2ccccc2)C1(F)F. The van der Waals surface area contributed by atoms with Crippen molar-refractivity contribution >= 4 is 27.5 Å². The summed E-state index contributed by atoms with van der Waals surface area (Å²) in [5.74, 6) is -4.77. The number of carbonyl (C=O) groups is 1. The summed E-state index contributed by atoms with van der Waals surface area (Å²) in [6.07, 6.45) is -1.64.